The fourth-order valence-electron chi connectivity index (χ4n) is 0.801. The molecule has 0 aliphatic carbocycles. The standard InChI is InChI=1S/C6H3F2.C6H6/c7-5-2-1-3-6(8)4-5;1-2-4-6-5-3-1/h2-4H;1-6H. The van der Waals surface area contributed by atoms with Gasteiger partial charge in [0.05, 0.1) is 0 Å². The molecule has 0 saturated carbocycles. The highest BCUT2D eigenvalue weighted by Gasteiger charge is 1.88. The molecule has 0 aliphatic heterocycles. The van der Waals surface area contributed by atoms with Gasteiger partial charge in [0.2, 0.25) is 0 Å². The SMILES string of the molecule is Fc1c[c]cc(F)c1.c1ccccc1. The molecule has 0 unspecified atom stereocenters. The highest BCUT2D eigenvalue weighted by atomic mass is 19.1. The monoisotopic (exact) mass is 191 g/mol. The van der Waals surface area contributed by atoms with Gasteiger partial charge in [-0.1, -0.05) is 36.4 Å². The van der Waals surface area contributed by atoms with Crippen LogP contribution >= 0.6 is 0 Å². The molecule has 0 amide bonds. The Kier molecular flexibility index (Phi) is 4.35. The first kappa shape index (κ1) is 10.4. The largest absolute Gasteiger partial charge is 0.207 e. The quantitative estimate of drug-likeness (QED) is 0.598. The molecular formula is C12H9F2. The van der Waals surface area contributed by atoms with Crippen LogP contribution in [0.15, 0.2) is 54.6 Å². The van der Waals surface area contributed by atoms with E-state index in [1.165, 1.54) is 0 Å². The molecule has 2 aromatic rings. The zero-order valence-electron chi connectivity index (χ0n) is 7.45. The van der Waals surface area contributed by atoms with Crippen LogP contribution in [0.25, 0.3) is 0 Å². The van der Waals surface area contributed by atoms with Gasteiger partial charge in [0.1, 0.15) is 11.6 Å². The van der Waals surface area contributed by atoms with Gasteiger partial charge in [0, 0.05) is 6.07 Å². The van der Waals surface area contributed by atoms with Crippen molar-refractivity contribution in [3.05, 3.63) is 72.3 Å². The number of hydrogen-bond acceptors (Lipinski definition) is 0. The first-order valence-corrected chi connectivity index (χ1v) is 4.11. The van der Waals surface area contributed by atoms with Gasteiger partial charge in [0.25, 0.3) is 0 Å². The Hall–Kier alpha value is -1.70. The van der Waals surface area contributed by atoms with E-state index in [-0.39, 0.29) is 0 Å². The lowest BCUT2D eigenvalue weighted by molar-refractivity contribution is 0.583. The second kappa shape index (κ2) is 5.86. The second-order valence-electron chi connectivity index (χ2n) is 2.52. The predicted octanol–water partition coefficient (Wildman–Crippen LogP) is 3.45. The molecule has 2 aromatic carbocycles. The minimum atomic E-state index is -0.593. The van der Waals surface area contributed by atoms with Gasteiger partial charge in [-0.15, -0.1) is 0 Å². The molecule has 0 nitrogen and oxygen atoms in total. The fourth-order valence-corrected chi connectivity index (χ4v) is 0.801. The lowest BCUT2D eigenvalue weighted by atomic mass is 10.3. The zero-order valence-corrected chi connectivity index (χ0v) is 7.45. The van der Waals surface area contributed by atoms with E-state index in [4.69, 9.17) is 0 Å². The van der Waals surface area contributed by atoms with Gasteiger partial charge in [0.15, 0.2) is 0 Å². The van der Waals surface area contributed by atoms with Crippen molar-refractivity contribution >= 4 is 0 Å². The minimum absolute atomic E-state index is 0.593. The van der Waals surface area contributed by atoms with E-state index in [2.05, 4.69) is 6.07 Å². The summed E-state index contributed by atoms with van der Waals surface area (Å²) in [6.45, 7) is 0. The van der Waals surface area contributed by atoms with Gasteiger partial charge in [-0.3, -0.25) is 0 Å². The van der Waals surface area contributed by atoms with Crippen molar-refractivity contribution in [3.63, 3.8) is 0 Å². The van der Waals surface area contributed by atoms with Crippen LogP contribution in [0, 0.1) is 17.7 Å². The lowest BCUT2D eigenvalue weighted by Gasteiger charge is -1.83. The number of halogens is 2. The molecule has 0 bridgehead atoms. The molecule has 0 aliphatic rings. The number of rotatable bonds is 0. The second-order valence-corrected chi connectivity index (χ2v) is 2.52. The van der Waals surface area contributed by atoms with Crippen LogP contribution in [0.4, 0.5) is 8.78 Å². The summed E-state index contributed by atoms with van der Waals surface area (Å²) in [5, 5.41) is 0. The summed E-state index contributed by atoms with van der Waals surface area (Å²) in [6, 6.07) is 17.2. The summed E-state index contributed by atoms with van der Waals surface area (Å²) in [4.78, 5) is 0. The molecule has 0 saturated heterocycles. The average Bonchev–Trinajstić information content (AvgIpc) is 2.21. The van der Waals surface area contributed by atoms with Crippen molar-refractivity contribution in [3.8, 4) is 0 Å². The number of benzene rings is 2. The van der Waals surface area contributed by atoms with E-state index in [9.17, 15) is 8.78 Å². The third-order valence-corrected chi connectivity index (χ3v) is 1.38. The van der Waals surface area contributed by atoms with E-state index >= 15 is 0 Å². The molecule has 0 atom stereocenters. The predicted molar refractivity (Wildman–Crippen MR) is 51.6 cm³/mol. The van der Waals surface area contributed by atoms with E-state index in [0.29, 0.717) is 0 Å². The molecular weight excluding hydrogens is 182 g/mol. The van der Waals surface area contributed by atoms with Crippen molar-refractivity contribution in [1.82, 2.24) is 0 Å². The van der Waals surface area contributed by atoms with E-state index in [0.717, 1.165) is 18.2 Å². The van der Waals surface area contributed by atoms with Crippen LogP contribution in [0.1, 0.15) is 0 Å². The highest BCUT2D eigenvalue weighted by molar-refractivity contribution is 5.03. The lowest BCUT2D eigenvalue weighted by Crippen LogP contribution is -1.74. The van der Waals surface area contributed by atoms with Gasteiger partial charge in [-0.25, -0.2) is 8.78 Å². The van der Waals surface area contributed by atoms with Crippen molar-refractivity contribution in [1.29, 1.82) is 0 Å². The molecule has 0 heterocycles. The Morgan fingerprint density at radius 2 is 1.07 bits per heavy atom. The van der Waals surface area contributed by atoms with E-state index in [1.54, 1.807) is 0 Å². The van der Waals surface area contributed by atoms with Crippen LogP contribution in [-0.2, 0) is 0 Å². The average molecular weight is 191 g/mol. The van der Waals surface area contributed by atoms with Crippen molar-refractivity contribution in [2.45, 2.75) is 0 Å². The van der Waals surface area contributed by atoms with Gasteiger partial charge in [-0.2, -0.15) is 0 Å². The van der Waals surface area contributed by atoms with E-state index in [1.807, 2.05) is 36.4 Å². The Morgan fingerprint density at radius 1 is 0.714 bits per heavy atom. The molecule has 0 N–H and O–H groups in total. The highest BCUT2D eigenvalue weighted by Crippen LogP contribution is 1.98. The Balaban J connectivity index is 0.000000146. The molecule has 0 spiro atoms. The smallest absolute Gasteiger partial charge is 0.126 e. The minimum Gasteiger partial charge on any atom is -0.207 e. The number of hydrogen-bond donors (Lipinski definition) is 0. The van der Waals surface area contributed by atoms with Crippen LogP contribution in [0.3, 0.4) is 0 Å². The topological polar surface area (TPSA) is 0 Å². The first-order valence-electron chi connectivity index (χ1n) is 4.11. The van der Waals surface area contributed by atoms with E-state index < -0.39 is 11.6 Å². The van der Waals surface area contributed by atoms with Gasteiger partial charge in [-0.05, 0) is 18.2 Å². The summed E-state index contributed by atoms with van der Waals surface area (Å²) < 4.78 is 23.8. The van der Waals surface area contributed by atoms with Gasteiger partial charge < -0.3 is 0 Å². The van der Waals surface area contributed by atoms with Crippen LogP contribution in [-0.4, -0.2) is 0 Å². The summed E-state index contributed by atoms with van der Waals surface area (Å²) in [5.41, 5.74) is 0. The fraction of sp³-hybridized carbons (Fsp3) is 0. The van der Waals surface area contributed by atoms with Crippen LogP contribution in [0.5, 0.6) is 0 Å². The molecule has 1 radical (unpaired) electrons. The maximum Gasteiger partial charge on any atom is 0.126 e. The Labute approximate surface area is 81.8 Å². The molecule has 2 rings (SSSR count). The normalized spacial score (nSPS) is 8.71. The van der Waals surface area contributed by atoms with Crippen molar-refractivity contribution in [2.24, 2.45) is 0 Å². The van der Waals surface area contributed by atoms with Crippen molar-refractivity contribution in [2.75, 3.05) is 0 Å². The third-order valence-electron chi connectivity index (χ3n) is 1.38. The summed E-state index contributed by atoms with van der Waals surface area (Å²) in [5.74, 6) is -1.19. The van der Waals surface area contributed by atoms with Crippen LogP contribution < -0.4 is 0 Å². The first-order chi connectivity index (χ1) is 6.79. The third kappa shape index (κ3) is 4.36. The van der Waals surface area contributed by atoms with Crippen molar-refractivity contribution < 1.29 is 8.78 Å². The molecule has 14 heavy (non-hydrogen) atoms. The Morgan fingerprint density at radius 3 is 1.29 bits per heavy atom. The molecule has 0 fully saturated rings. The summed E-state index contributed by atoms with van der Waals surface area (Å²) in [7, 11) is 0. The van der Waals surface area contributed by atoms with Gasteiger partial charge >= 0.3 is 0 Å². The molecule has 0 aromatic heterocycles. The summed E-state index contributed by atoms with van der Waals surface area (Å²) >= 11 is 0. The zero-order chi connectivity index (χ0) is 10.2. The Bertz CT molecular complexity index is 314. The summed E-state index contributed by atoms with van der Waals surface area (Å²) in [6.07, 6.45) is 0. The maximum atomic E-state index is 11.9. The maximum absolute atomic E-state index is 11.9. The molecule has 71 valence electrons. The van der Waals surface area contributed by atoms with Crippen LogP contribution in [0.2, 0.25) is 0 Å². The molecule has 2 heteroatoms.